The third-order valence-electron chi connectivity index (χ3n) is 4.01. The van der Waals surface area contributed by atoms with E-state index in [0.717, 1.165) is 11.8 Å². The van der Waals surface area contributed by atoms with E-state index >= 15 is 0 Å². The second-order valence-electron chi connectivity index (χ2n) is 5.86. The number of anilines is 1. The van der Waals surface area contributed by atoms with Crippen molar-refractivity contribution in [3.8, 4) is 11.3 Å². The van der Waals surface area contributed by atoms with Crippen LogP contribution in [0.5, 0.6) is 0 Å². The highest BCUT2D eigenvalue weighted by atomic mass is 35.5. The second-order valence-corrected chi connectivity index (χ2v) is 7.30. The Balaban J connectivity index is 1.60. The van der Waals surface area contributed by atoms with E-state index in [1.807, 2.05) is 0 Å². The molecule has 1 amide bonds. The van der Waals surface area contributed by atoms with Crippen LogP contribution in [0.4, 0.5) is 14.5 Å². The van der Waals surface area contributed by atoms with Gasteiger partial charge in [0.1, 0.15) is 23.2 Å². The maximum absolute atomic E-state index is 13.3. The van der Waals surface area contributed by atoms with E-state index in [1.165, 1.54) is 47.4 Å². The van der Waals surface area contributed by atoms with Gasteiger partial charge in [0.05, 0.1) is 15.6 Å². The summed E-state index contributed by atoms with van der Waals surface area (Å²) in [6, 6.07) is 12.9. The molecule has 0 spiro atoms. The summed E-state index contributed by atoms with van der Waals surface area (Å²) in [4.78, 5) is 14.2. The summed E-state index contributed by atoms with van der Waals surface area (Å²) in [6.07, 6.45) is 1.53. The van der Waals surface area contributed by atoms with Crippen molar-refractivity contribution >= 4 is 46.2 Å². The fraction of sp³-hybridized carbons (Fsp3) is 0. The van der Waals surface area contributed by atoms with Crippen molar-refractivity contribution in [2.45, 2.75) is 0 Å². The Hall–Kier alpha value is -2.90. The zero-order valence-corrected chi connectivity index (χ0v) is 15.7. The van der Waals surface area contributed by atoms with E-state index in [-0.39, 0.29) is 10.2 Å². The highest BCUT2D eigenvalue weighted by Crippen LogP contribution is 2.36. The summed E-state index contributed by atoms with van der Waals surface area (Å²) >= 11 is 6.78. The molecule has 0 unspecified atom stereocenters. The lowest BCUT2D eigenvalue weighted by Gasteiger charge is -2.13. The van der Waals surface area contributed by atoms with Crippen molar-refractivity contribution in [3.05, 3.63) is 81.9 Å². The Morgan fingerprint density at radius 3 is 2.54 bits per heavy atom. The molecule has 2 aromatic carbocycles. The lowest BCUT2D eigenvalue weighted by molar-refractivity contribution is -0.113. The Kier molecular flexibility index (Phi) is 4.78. The summed E-state index contributed by atoms with van der Waals surface area (Å²) in [7, 11) is 0. The van der Waals surface area contributed by atoms with Crippen LogP contribution in [0.1, 0.15) is 5.76 Å². The summed E-state index contributed by atoms with van der Waals surface area (Å²) < 4.78 is 32.1. The monoisotopic (exact) mass is 416 g/mol. The molecule has 0 aliphatic carbocycles. The third kappa shape index (κ3) is 3.46. The molecule has 1 saturated heterocycles. The Bertz CT molecular complexity index is 1130. The molecule has 1 aromatic heterocycles. The van der Waals surface area contributed by atoms with Gasteiger partial charge in [-0.15, -0.1) is 0 Å². The van der Waals surface area contributed by atoms with Gasteiger partial charge in [-0.25, -0.2) is 8.78 Å². The van der Waals surface area contributed by atoms with Crippen molar-refractivity contribution < 1.29 is 18.0 Å². The standard InChI is InChI=1S/C20H11ClF2N2O2S/c21-15-9-11(1-7-16(15)23)17-8-6-14(27-17)10-18-19(26)25(20(24)28-18)13-4-2-12(22)3-5-13/h1-10,24H. The van der Waals surface area contributed by atoms with Gasteiger partial charge in [0.15, 0.2) is 5.17 Å². The highest BCUT2D eigenvalue weighted by molar-refractivity contribution is 8.19. The summed E-state index contributed by atoms with van der Waals surface area (Å²) in [5.41, 5.74) is 1.01. The number of amidine groups is 1. The molecule has 4 rings (SSSR count). The van der Waals surface area contributed by atoms with Gasteiger partial charge in [-0.2, -0.15) is 0 Å². The molecular weight excluding hydrogens is 406 g/mol. The maximum atomic E-state index is 13.3. The minimum atomic E-state index is -0.522. The molecule has 2 heterocycles. The van der Waals surface area contributed by atoms with Crippen LogP contribution in [0.3, 0.4) is 0 Å². The van der Waals surface area contributed by atoms with Gasteiger partial charge in [0.2, 0.25) is 0 Å². The van der Waals surface area contributed by atoms with Gasteiger partial charge in [-0.3, -0.25) is 15.1 Å². The van der Waals surface area contributed by atoms with Gasteiger partial charge >= 0.3 is 0 Å². The second kappa shape index (κ2) is 7.26. The zero-order chi connectivity index (χ0) is 19.8. The summed E-state index contributed by atoms with van der Waals surface area (Å²) in [5.74, 6) is -0.472. The number of hydrogen-bond donors (Lipinski definition) is 1. The number of carbonyl (C=O) groups excluding carboxylic acids is 1. The number of halogens is 3. The fourth-order valence-electron chi connectivity index (χ4n) is 2.68. The van der Waals surface area contributed by atoms with Crippen molar-refractivity contribution in [1.29, 1.82) is 5.41 Å². The Labute approximate surface area is 167 Å². The van der Waals surface area contributed by atoms with Crippen LogP contribution in [0.2, 0.25) is 5.02 Å². The minimum absolute atomic E-state index is 0.0138. The number of amides is 1. The van der Waals surface area contributed by atoms with E-state index in [4.69, 9.17) is 21.4 Å². The van der Waals surface area contributed by atoms with E-state index in [9.17, 15) is 13.6 Å². The summed E-state index contributed by atoms with van der Waals surface area (Å²) in [5, 5.41) is 8.06. The molecule has 1 fully saturated rings. The predicted octanol–water partition coefficient (Wildman–Crippen LogP) is 5.93. The molecule has 4 nitrogen and oxygen atoms in total. The van der Waals surface area contributed by atoms with Crippen molar-refractivity contribution in [2.75, 3.05) is 4.90 Å². The van der Waals surface area contributed by atoms with Crippen LogP contribution in [0.15, 0.2) is 63.9 Å². The molecule has 140 valence electrons. The molecule has 0 saturated carbocycles. The van der Waals surface area contributed by atoms with Crippen LogP contribution in [-0.4, -0.2) is 11.1 Å². The first-order chi connectivity index (χ1) is 13.4. The molecule has 1 N–H and O–H groups in total. The number of benzene rings is 2. The SMILES string of the molecule is N=C1SC(=Cc2ccc(-c3ccc(F)c(Cl)c3)o2)C(=O)N1c1ccc(F)cc1. The zero-order valence-electron chi connectivity index (χ0n) is 14.1. The largest absolute Gasteiger partial charge is 0.457 e. The van der Waals surface area contributed by atoms with E-state index in [1.54, 1.807) is 18.2 Å². The van der Waals surface area contributed by atoms with Crippen molar-refractivity contribution in [2.24, 2.45) is 0 Å². The average Bonchev–Trinajstić information content (AvgIpc) is 3.24. The number of nitrogens with zero attached hydrogens (tertiary/aromatic N) is 1. The number of thioether (sulfide) groups is 1. The minimum Gasteiger partial charge on any atom is -0.457 e. The fourth-order valence-corrected chi connectivity index (χ4v) is 3.70. The van der Waals surface area contributed by atoms with E-state index in [2.05, 4.69) is 0 Å². The number of furan rings is 1. The van der Waals surface area contributed by atoms with Crippen LogP contribution in [0.25, 0.3) is 17.4 Å². The van der Waals surface area contributed by atoms with Crippen molar-refractivity contribution in [1.82, 2.24) is 0 Å². The van der Waals surface area contributed by atoms with Gasteiger partial charge in [-0.1, -0.05) is 11.6 Å². The topological polar surface area (TPSA) is 57.3 Å². The first kappa shape index (κ1) is 18.5. The quantitative estimate of drug-likeness (QED) is 0.538. The van der Waals surface area contributed by atoms with E-state index < -0.39 is 17.5 Å². The van der Waals surface area contributed by atoms with E-state index in [0.29, 0.717) is 27.7 Å². The van der Waals surface area contributed by atoms with Gasteiger partial charge < -0.3 is 4.42 Å². The van der Waals surface area contributed by atoms with Gasteiger partial charge in [-0.05, 0) is 66.4 Å². The summed E-state index contributed by atoms with van der Waals surface area (Å²) in [6.45, 7) is 0. The number of carbonyl (C=O) groups is 1. The first-order valence-corrected chi connectivity index (χ1v) is 9.25. The number of nitrogens with one attached hydrogen (secondary N) is 1. The molecule has 0 radical (unpaired) electrons. The molecular formula is C20H11ClF2N2O2S. The highest BCUT2D eigenvalue weighted by Gasteiger charge is 2.33. The smallest absolute Gasteiger partial charge is 0.271 e. The number of rotatable bonds is 3. The lowest BCUT2D eigenvalue weighted by atomic mass is 10.2. The Morgan fingerprint density at radius 2 is 1.82 bits per heavy atom. The van der Waals surface area contributed by atoms with Crippen LogP contribution in [0, 0.1) is 17.0 Å². The molecule has 8 heteroatoms. The van der Waals surface area contributed by atoms with Crippen LogP contribution >= 0.6 is 23.4 Å². The lowest BCUT2D eigenvalue weighted by Crippen LogP contribution is -2.28. The molecule has 28 heavy (non-hydrogen) atoms. The average molecular weight is 417 g/mol. The number of hydrogen-bond acceptors (Lipinski definition) is 4. The van der Waals surface area contributed by atoms with Crippen LogP contribution < -0.4 is 4.90 Å². The normalized spacial score (nSPS) is 15.7. The van der Waals surface area contributed by atoms with Gasteiger partial charge in [0, 0.05) is 11.6 Å². The molecule has 0 bridgehead atoms. The molecule has 1 aliphatic heterocycles. The van der Waals surface area contributed by atoms with Crippen LogP contribution in [-0.2, 0) is 4.79 Å². The molecule has 0 atom stereocenters. The Morgan fingerprint density at radius 1 is 1.07 bits per heavy atom. The maximum Gasteiger partial charge on any atom is 0.271 e. The predicted molar refractivity (Wildman–Crippen MR) is 106 cm³/mol. The molecule has 3 aromatic rings. The third-order valence-corrected chi connectivity index (χ3v) is 5.19. The van der Waals surface area contributed by atoms with Crippen molar-refractivity contribution in [3.63, 3.8) is 0 Å². The first-order valence-electron chi connectivity index (χ1n) is 8.06. The molecule has 1 aliphatic rings. The van der Waals surface area contributed by atoms with Gasteiger partial charge in [0.25, 0.3) is 5.91 Å².